The fraction of sp³-hybridized carbons (Fsp3) is 0.917. The Hall–Kier alpha value is -0.570. The van der Waals surface area contributed by atoms with E-state index in [1.807, 2.05) is 20.8 Å². The van der Waals surface area contributed by atoms with E-state index in [1.165, 1.54) is 0 Å². The molecule has 0 bridgehead atoms. The Morgan fingerprint density at radius 2 is 1.60 bits per heavy atom. The predicted molar refractivity (Wildman–Crippen MR) is 64.6 cm³/mol. The Morgan fingerprint density at radius 3 is 1.87 bits per heavy atom. The van der Waals surface area contributed by atoms with Crippen LogP contribution in [0.3, 0.4) is 0 Å². The maximum Gasteiger partial charge on any atom is 0.237 e. The summed E-state index contributed by atoms with van der Waals surface area (Å²) in [5.74, 6) is -0.0475. The normalized spacial score (nSPS) is 14.9. The molecule has 1 amide bonds. The van der Waals surface area contributed by atoms with Gasteiger partial charge in [-0.2, -0.15) is 0 Å². The standard InChI is InChI=1S/C12H26N2O/c1-7-12(6,8-2)14-10(15)9(13)11(3,4)5/h9H,7-8,13H2,1-6H3,(H,14,15). The molecule has 1 atom stereocenters. The van der Waals surface area contributed by atoms with Crippen LogP contribution in [0.1, 0.15) is 54.4 Å². The second-order valence-corrected chi connectivity index (χ2v) is 5.60. The number of hydrogen-bond donors (Lipinski definition) is 2. The molecule has 1 unspecified atom stereocenters. The highest BCUT2D eigenvalue weighted by Crippen LogP contribution is 2.20. The first-order chi connectivity index (χ1) is 6.66. The topological polar surface area (TPSA) is 55.1 Å². The van der Waals surface area contributed by atoms with Crippen molar-refractivity contribution in [2.45, 2.75) is 66.0 Å². The fourth-order valence-corrected chi connectivity index (χ4v) is 1.20. The minimum Gasteiger partial charge on any atom is -0.350 e. The molecule has 0 aromatic rings. The minimum atomic E-state index is -0.449. The molecule has 0 spiro atoms. The molecule has 0 aromatic carbocycles. The van der Waals surface area contributed by atoms with Crippen molar-refractivity contribution in [3.05, 3.63) is 0 Å². The highest BCUT2D eigenvalue weighted by molar-refractivity contribution is 5.83. The van der Waals surface area contributed by atoms with Crippen molar-refractivity contribution in [1.29, 1.82) is 0 Å². The quantitative estimate of drug-likeness (QED) is 0.752. The molecule has 0 aliphatic rings. The van der Waals surface area contributed by atoms with Crippen LogP contribution in [0, 0.1) is 5.41 Å². The van der Waals surface area contributed by atoms with Crippen LogP contribution in [-0.4, -0.2) is 17.5 Å². The number of carbonyl (C=O) groups is 1. The molecule has 0 aromatic heterocycles. The average Bonchev–Trinajstić information content (AvgIpc) is 2.15. The van der Waals surface area contributed by atoms with Crippen LogP contribution < -0.4 is 11.1 Å². The van der Waals surface area contributed by atoms with Gasteiger partial charge in [-0.15, -0.1) is 0 Å². The average molecular weight is 214 g/mol. The van der Waals surface area contributed by atoms with Gasteiger partial charge in [0.05, 0.1) is 6.04 Å². The van der Waals surface area contributed by atoms with Gasteiger partial charge in [0.2, 0.25) is 5.91 Å². The second kappa shape index (κ2) is 4.97. The van der Waals surface area contributed by atoms with Gasteiger partial charge in [0.1, 0.15) is 0 Å². The molecule has 3 heteroatoms. The van der Waals surface area contributed by atoms with Crippen LogP contribution in [-0.2, 0) is 4.79 Å². The molecule has 3 nitrogen and oxygen atoms in total. The molecular formula is C12H26N2O. The van der Waals surface area contributed by atoms with Gasteiger partial charge in [0, 0.05) is 5.54 Å². The Balaban J connectivity index is 4.49. The van der Waals surface area contributed by atoms with Crippen molar-refractivity contribution in [2.24, 2.45) is 11.1 Å². The zero-order valence-corrected chi connectivity index (χ0v) is 11.0. The molecule has 0 saturated heterocycles. The summed E-state index contributed by atoms with van der Waals surface area (Å²) in [5.41, 5.74) is 5.59. The lowest BCUT2D eigenvalue weighted by Crippen LogP contribution is -2.55. The molecule has 0 rings (SSSR count). The number of amides is 1. The molecule has 15 heavy (non-hydrogen) atoms. The SMILES string of the molecule is CCC(C)(CC)NC(=O)C(N)C(C)(C)C. The summed E-state index contributed by atoms with van der Waals surface area (Å²) < 4.78 is 0. The van der Waals surface area contributed by atoms with Gasteiger partial charge >= 0.3 is 0 Å². The van der Waals surface area contributed by atoms with Crippen molar-refractivity contribution in [3.63, 3.8) is 0 Å². The number of hydrogen-bond acceptors (Lipinski definition) is 2. The predicted octanol–water partition coefficient (Wildman–Crippen LogP) is 2.05. The van der Waals surface area contributed by atoms with Crippen LogP contribution in [0.25, 0.3) is 0 Å². The summed E-state index contributed by atoms with van der Waals surface area (Å²) in [6, 6.07) is -0.449. The molecule has 0 aliphatic carbocycles. The molecule has 0 radical (unpaired) electrons. The summed E-state index contributed by atoms with van der Waals surface area (Å²) in [6.07, 6.45) is 1.85. The minimum absolute atomic E-state index is 0.0475. The molecule has 90 valence electrons. The summed E-state index contributed by atoms with van der Waals surface area (Å²) >= 11 is 0. The number of rotatable bonds is 4. The highest BCUT2D eigenvalue weighted by Gasteiger charge is 2.31. The van der Waals surface area contributed by atoms with Crippen molar-refractivity contribution in [2.75, 3.05) is 0 Å². The lowest BCUT2D eigenvalue weighted by molar-refractivity contribution is -0.126. The summed E-state index contributed by atoms with van der Waals surface area (Å²) in [4.78, 5) is 11.9. The second-order valence-electron chi connectivity index (χ2n) is 5.60. The van der Waals surface area contributed by atoms with E-state index >= 15 is 0 Å². The van der Waals surface area contributed by atoms with Gasteiger partial charge in [0.15, 0.2) is 0 Å². The van der Waals surface area contributed by atoms with Gasteiger partial charge in [-0.3, -0.25) is 4.79 Å². The van der Waals surface area contributed by atoms with Crippen LogP contribution in [0.5, 0.6) is 0 Å². The van der Waals surface area contributed by atoms with Gasteiger partial charge in [0.25, 0.3) is 0 Å². The third kappa shape index (κ3) is 4.20. The Bertz CT molecular complexity index is 214. The largest absolute Gasteiger partial charge is 0.350 e. The van der Waals surface area contributed by atoms with E-state index in [1.54, 1.807) is 0 Å². The van der Waals surface area contributed by atoms with E-state index in [-0.39, 0.29) is 16.9 Å². The third-order valence-corrected chi connectivity index (χ3v) is 3.20. The summed E-state index contributed by atoms with van der Waals surface area (Å²) in [6.45, 7) is 12.1. The lowest BCUT2D eigenvalue weighted by Gasteiger charge is -2.33. The van der Waals surface area contributed by atoms with Crippen LogP contribution >= 0.6 is 0 Å². The van der Waals surface area contributed by atoms with Crippen molar-refractivity contribution >= 4 is 5.91 Å². The third-order valence-electron chi connectivity index (χ3n) is 3.20. The molecule has 0 saturated carbocycles. The Kier molecular flexibility index (Phi) is 4.78. The van der Waals surface area contributed by atoms with Gasteiger partial charge < -0.3 is 11.1 Å². The van der Waals surface area contributed by atoms with Gasteiger partial charge in [-0.1, -0.05) is 34.6 Å². The lowest BCUT2D eigenvalue weighted by atomic mass is 9.85. The van der Waals surface area contributed by atoms with Crippen LogP contribution in [0.4, 0.5) is 0 Å². The molecular weight excluding hydrogens is 188 g/mol. The van der Waals surface area contributed by atoms with Gasteiger partial charge in [-0.25, -0.2) is 0 Å². The Labute approximate surface area is 93.8 Å². The molecule has 0 heterocycles. The van der Waals surface area contributed by atoms with Crippen molar-refractivity contribution in [1.82, 2.24) is 5.32 Å². The van der Waals surface area contributed by atoms with E-state index < -0.39 is 6.04 Å². The molecule has 0 fully saturated rings. The first-order valence-corrected chi connectivity index (χ1v) is 5.74. The number of nitrogens with one attached hydrogen (secondary N) is 1. The zero-order chi connectivity index (χ0) is 12.3. The van der Waals surface area contributed by atoms with Crippen LogP contribution in [0.15, 0.2) is 0 Å². The first-order valence-electron chi connectivity index (χ1n) is 5.74. The van der Waals surface area contributed by atoms with E-state index in [2.05, 4.69) is 26.1 Å². The highest BCUT2D eigenvalue weighted by atomic mass is 16.2. The molecule has 3 N–H and O–H groups in total. The summed E-state index contributed by atoms with van der Waals surface area (Å²) in [7, 11) is 0. The first kappa shape index (κ1) is 14.4. The van der Waals surface area contributed by atoms with E-state index in [9.17, 15) is 4.79 Å². The van der Waals surface area contributed by atoms with Crippen molar-refractivity contribution < 1.29 is 4.79 Å². The van der Waals surface area contributed by atoms with Crippen molar-refractivity contribution in [3.8, 4) is 0 Å². The summed E-state index contributed by atoms with van der Waals surface area (Å²) in [5, 5.41) is 3.04. The van der Waals surface area contributed by atoms with E-state index in [0.717, 1.165) is 12.8 Å². The number of carbonyl (C=O) groups excluding carboxylic acids is 1. The van der Waals surface area contributed by atoms with E-state index in [0.29, 0.717) is 0 Å². The maximum atomic E-state index is 11.9. The zero-order valence-electron chi connectivity index (χ0n) is 11.0. The fourth-order valence-electron chi connectivity index (χ4n) is 1.20. The van der Waals surface area contributed by atoms with E-state index in [4.69, 9.17) is 5.73 Å². The monoisotopic (exact) mass is 214 g/mol. The van der Waals surface area contributed by atoms with Crippen LogP contribution in [0.2, 0.25) is 0 Å². The molecule has 0 aliphatic heterocycles. The van der Waals surface area contributed by atoms with Gasteiger partial charge in [-0.05, 0) is 25.2 Å². The number of nitrogens with two attached hydrogens (primary N) is 1. The smallest absolute Gasteiger partial charge is 0.237 e. The maximum absolute atomic E-state index is 11.9. The Morgan fingerprint density at radius 1 is 1.20 bits per heavy atom.